The van der Waals surface area contributed by atoms with Crippen LogP contribution in [0.2, 0.25) is 0 Å². The van der Waals surface area contributed by atoms with Gasteiger partial charge in [0, 0.05) is 0 Å². The molecule has 0 fully saturated rings. The number of carbonyl (C=O) groups excluding carboxylic acids is 1. The van der Waals surface area contributed by atoms with Gasteiger partial charge in [0.15, 0.2) is 5.76 Å². The van der Waals surface area contributed by atoms with Crippen LogP contribution in [0.5, 0.6) is 0 Å². The molecule has 0 radical (unpaired) electrons. The molecule has 0 aliphatic rings. The molecular formula is C15H17FN2O2. The highest BCUT2D eigenvalue weighted by molar-refractivity contribution is 5.91. The molecule has 1 atom stereocenters. The first kappa shape index (κ1) is 14.3. The van der Waals surface area contributed by atoms with Gasteiger partial charge in [-0.3, -0.25) is 4.79 Å². The van der Waals surface area contributed by atoms with E-state index in [1.807, 2.05) is 0 Å². The molecule has 1 unspecified atom stereocenters. The summed E-state index contributed by atoms with van der Waals surface area (Å²) in [4.78, 5) is 12.0. The fourth-order valence-electron chi connectivity index (χ4n) is 1.84. The highest BCUT2D eigenvalue weighted by Crippen LogP contribution is 2.17. The summed E-state index contributed by atoms with van der Waals surface area (Å²) in [6.45, 7) is 3.72. The first-order valence-corrected chi connectivity index (χ1v) is 6.37. The summed E-state index contributed by atoms with van der Waals surface area (Å²) in [6, 6.07) is 7.81. The van der Waals surface area contributed by atoms with Crippen LogP contribution in [-0.4, -0.2) is 5.91 Å². The smallest absolute Gasteiger partial charge is 0.287 e. The van der Waals surface area contributed by atoms with Crippen molar-refractivity contribution < 1.29 is 13.6 Å². The van der Waals surface area contributed by atoms with Crippen LogP contribution < -0.4 is 11.1 Å². The van der Waals surface area contributed by atoms with E-state index in [9.17, 15) is 9.18 Å². The summed E-state index contributed by atoms with van der Waals surface area (Å²) >= 11 is 0. The van der Waals surface area contributed by atoms with Crippen molar-refractivity contribution in [3.8, 4) is 0 Å². The van der Waals surface area contributed by atoms with Crippen LogP contribution in [0.4, 0.5) is 4.39 Å². The van der Waals surface area contributed by atoms with Gasteiger partial charge in [-0.1, -0.05) is 12.1 Å². The van der Waals surface area contributed by atoms with Crippen molar-refractivity contribution in [2.75, 3.05) is 0 Å². The zero-order valence-corrected chi connectivity index (χ0v) is 11.4. The average Bonchev–Trinajstić information content (AvgIpc) is 2.90. The summed E-state index contributed by atoms with van der Waals surface area (Å²) in [7, 11) is 0. The van der Waals surface area contributed by atoms with Crippen molar-refractivity contribution in [1.82, 2.24) is 5.32 Å². The molecule has 2 rings (SSSR count). The Morgan fingerprint density at radius 2 is 2.15 bits per heavy atom. The number of halogens is 1. The third-order valence-corrected chi connectivity index (χ3v) is 3.13. The lowest BCUT2D eigenvalue weighted by Crippen LogP contribution is -2.26. The molecule has 106 valence electrons. The molecule has 1 heterocycles. The van der Waals surface area contributed by atoms with Gasteiger partial charge in [-0.05, 0) is 43.2 Å². The number of hydrogen-bond donors (Lipinski definition) is 2. The van der Waals surface area contributed by atoms with Gasteiger partial charge in [-0.15, -0.1) is 0 Å². The second-order valence-corrected chi connectivity index (χ2v) is 4.67. The van der Waals surface area contributed by atoms with Crippen LogP contribution in [0.15, 0.2) is 34.7 Å². The number of nitrogens with two attached hydrogens (primary N) is 1. The van der Waals surface area contributed by atoms with Gasteiger partial charge in [0.25, 0.3) is 5.91 Å². The van der Waals surface area contributed by atoms with Crippen LogP contribution in [0.3, 0.4) is 0 Å². The molecule has 20 heavy (non-hydrogen) atoms. The summed E-state index contributed by atoms with van der Waals surface area (Å²) in [5, 5.41) is 2.76. The molecule has 5 heteroatoms. The fourth-order valence-corrected chi connectivity index (χ4v) is 1.84. The van der Waals surface area contributed by atoms with Gasteiger partial charge >= 0.3 is 0 Å². The highest BCUT2D eigenvalue weighted by atomic mass is 19.1. The number of benzene rings is 1. The zero-order valence-electron chi connectivity index (χ0n) is 11.4. The van der Waals surface area contributed by atoms with E-state index in [-0.39, 0.29) is 30.1 Å². The Morgan fingerprint density at radius 3 is 2.75 bits per heavy atom. The number of nitrogens with one attached hydrogen (secondary N) is 1. The number of furan rings is 1. The van der Waals surface area contributed by atoms with Crippen molar-refractivity contribution >= 4 is 5.91 Å². The quantitative estimate of drug-likeness (QED) is 0.902. The summed E-state index contributed by atoms with van der Waals surface area (Å²) in [5.41, 5.74) is 6.70. The molecule has 0 saturated carbocycles. The number of amides is 1. The molecule has 2 aromatic rings. The lowest BCUT2D eigenvalue weighted by molar-refractivity contribution is 0.0910. The van der Waals surface area contributed by atoms with Gasteiger partial charge < -0.3 is 15.5 Å². The monoisotopic (exact) mass is 276 g/mol. The molecule has 1 amide bonds. The van der Waals surface area contributed by atoms with Gasteiger partial charge in [-0.2, -0.15) is 0 Å². The summed E-state index contributed by atoms with van der Waals surface area (Å²) < 4.78 is 18.8. The Labute approximate surface area is 116 Å². The van der Waals surface area contributed by atoms with Crippen molar-refractivity contribution in [3.05, 3.63) is 58.8 Å². The third kappa shape index (κ3) is 3.05. The molecule has 4 nitrogen and oxygen atoms in total. The Hall–Kier alpha value is -2.14. The molecule has 0 aliphatic carbocycles. The number of hydrogen-bond acceptors (Lipinski definition) is 3. The van der Waals surface area contributed by atoms with E-state index in [4.69, 9.17) is 10.2 Å². The minimum absolute atomic E-state index is 0.199. The van der Waals surface area contributed by atoms with Gasteiger partial charge in [0.05, 0.1) is 12.6 Å². The fraction of sp³-hybridized carbons (Fsp3) is 0.267. The van der Waals surface area contributed by atoms with E-state index in [2.05, 4.69) is 5.32 Å². The predicted molar refractivity (Wildman–Crippen MR) is 73.6 cm³/mol. The first-order chi connectivity index (χ1) is 9.51. The van der Waals surface area contributed by atoms with E-state index < -0.39 is 0 Å². The highest BCUT2D eigenvalue weighted by Gasteiger charge is 2.15. The van der Waals surface area contributed by atoms with E-state index in [1.165, 1.54) is 6.07 Å². The van der Waals surface area contributed by atoms with E-state index >= 15 is 0 Å². The molecule has 0 saturated heterocycles. The average molecular weight is 276 g/mol. The maximum absolute atomic E-state index is 13.5. The standard InChI is InChI=1S/C15H17FN2O2/c1-9-3-4-11(7-13(9)16)10(2)18-15(19)14-6-5-12(8-17)20-14/h3-7,10H,8,17H2,1-2H3,(H,18,19). The number of carbonyl (C=O) groups is 1. The van der Waals surface area contributed by atoms with Crippen LogP contribution in [0.25, 0.3) is 0 Å². The SMILES string of the molecule is Cc1ccc(C(C)NC(=O)c2ccc(CN)o2)cc1F. The largest absolute Gasteiger partial charge is 0.455 e. The van der Waals surface area contributed by atoms with Crippen molar-refractivity contribution in [3.63, 3.8) is 0 Å². The number of rotatable bonds is 4. The van der Waals surface area contributed by atoms with Crippen molar-refractivity contribution in [1.29, 1.82) is 0 Å². The molecular weight excluding hydrogens is 259 g/mol. The Bertz CT molecular complexity index is 622. The maximum atomic E-state index is 13.5. The minimum Gasteiger partial charge on any atom is -0.455 e. The van der Waals surface area contributed by atoms with Crippen LogP contribution >= 0.6 is 0 Å². The van der Waals surface area contributed by atoms with Gasteiger partial charge in [0.1, 0.15) is 11.6 Å². The van der Waals surface area contributed by atoms with Crippen molar-refractivity contribution in [2.24, 2.45) is 5.73 Å². The van der Waals surface area contributed by atoms with E-state index in [0.29, 0.717) is 16.9 Å². The first-order valence-electron chi connectivity index (χ1n) is 6.37. The summed E-state index contributed by atoms with van der Waals surface area (Å²) in [5.74, 6) is 0.110. The topological polar surface area (TPSA) is 68.3 Å². The second kappa shape index (κ2) is 5.88. The summed E-state index contributed by atoms with van der Waals surface area (Å²) in [6.07, 6.45) is 0. The van der Waals surface area contributed by atoms with Crippen LogP contribution in [0.1, 0.15) is 40.4 Å². The van der Waals surface area contributed by atoms with E-state index in [1.54, 1.807) is 38.1 Å². The maximum Gasteiger partial charge on any atom is 0.287 e. The van der Waals surface area contributed by atoms with E-state index in [0.717, 1.165) is 0 Å². The number of aryl methyl sites for hydroxylation is 1. The lowest BCUT2D eigenvalue weighted by Gasteiger charge is -2.14. The molecule has 1 aromatic heterocycles. The second-order valence-electron chi connectivity index (χ2n) is 4.67. The van der Waals surface area contributed by atoms with Crippen molar-refractivity contribution in [2.45, 2.75) is 26.4 Å². The third-order valence-electron chi connectivity index (χ3n) is 3.13. The zero-order chi connectivity index (χ0) is 14.7. The molecule has 0 bridgehead atoms. The van der Waals surface area contributed by atoms with Crippen LogP contribution in [-0.2, 0) is 6.54 Å². The predicted octanol–water partition coefficient (Wildman–Crippen LogP) is 2.68. The molecule has 3 N–H and O–H groups in total. The Balaban J connectivity index is 2.08. The normalized spacial score (nSPS) is 12.2. The molecule has 0 spiro atoms. The van der Waals surface area contributed by atoms with Gasteiger partial charge in [0.2, 0.25) is 0 Å². The van der Waals surface area contributed by atoms with Crippen LogP contribution in [0, 0.1) is 12.7 Å². The molecule has 1 aromatic carbocycles. The van der Waals surface area contributed by atoms with Gasteiger partial charge in [-0.25, -0.2) is 4.39 Å². The Kier molecular flexibility index (Phi) is 4.20. The Morgan fingerprint density at radius 1 is 1.40 bits per heavy atom. The lowest BCUT2D eigenvalue weighted by atomic mass is 10.1. The minimum atomic E-state index is -0.349. The molecule has 0 aliphatic heterocycles.